The number of carbonyl (C=O) groups is 2. The van der Waals surface area contributed by atoms with Crippen LogP contribution < -0.4 is 4.74 Å². The number of likely N-dealkylation sites (tertiary alicyclic amines) is 1. The first-order valence-electron chi connectivity index (χ1n) is 11.8. The first-order valence-corrected chi connectivity index (χ1v) is 12.6. The number of esters is 2. The van der Waals surface area contributed by atoms with E-state index in [-0.39, 0.29) is 31.8 Å². The minimum Gasteiger partial charge on any atom is -0.490 e. The summed E-state index contributed by atoms with van der Waals surface area (Å²) < 4.78 is 91.6. The largest absolute Gasteiger partial charge is 0.490 e. The van der Waals surface area contributed by atoms with Gasteiger partial charge in [0.15, 0.2) is 5.65 Å². The normalized spacial score (nSPS) is 17.4. The molecule has 9 nitrogen and oxygen atoms in total. The molecule has 1 saturated heterocycles. The smallest absolute Gasteiger partial charge is 0.490 e. The highest BCUT2D eigenvalue weighted by Gasteiger charge is 2.44. The van der Waals surface area contributed by atoms with Crippen LogP contribution in [0.3, 0.4) is 0 Å². The number of nitrogens with zero attached hydrogens (tertiary/aromatic N) is 3. The van der Waals surface area contributed by atoms with E-state index in [1.807, 2.05) is 0 Å². The molecule has 216 valence electrons. The summed E-state index contributed by atoms with van der Waals surface area (Å²) in [5.74, 6) is -4.00. The quantitative estimate of drug-likeness (QED) is 0.277. The van der Waals surface area contributed by atoms with Crippen LogP contribution in [0.5, 0.6) is 5.75 Å². The zero-order chi connectivity index (χ0) is 29.1. The monoisotopic (exact) mass is 638 g/mol. The van der Waals surface area contributed by atoms with Crippen molar-refractivity contribution in [1.82, 2.24) is 19.9 Å². The van der Waals surface area contributed by atoms with Gasteiger partial charge in [0, 0.05) is 29.3 Å². The zero-order valence-electron chi connectivity index (χ0n) is 20.4. The van der Waals surface area contributed by atoms with Crippen LogP contribution in [-0.4, -0.2) is 82.6 Å². The molecule has 3 aromatic rings. The number of H-pyrrole nitrogens is 1. The molecule has 0 aliphatic carbocycles. The first-order chi connectivity index (χ1) is 18.8. The van der Waals surface area contributed by atoms with E-state index >= 15 is 0 Å². The highest BCUT2D eigenvalue weighted by atomic mass is 79.9. The van der Waals surface area contributed by atoms with E-state index < -0.39 is 43.1 Å². The summed E-state index contributed by atoms with van der Waals surface area (Å²) in [6.45, 7) is -0.675. The number of rotatable bonds is 8. The van der Waals surface area contributed by atoms with Crippen LogP contribution in [0.15, 0.2) is 41.0 Å². The van der Waals surface area contributed by atoms with Crippen LogP contribution in [0.1, 0.15) is 12.8 Å². The van der Waals surface area contributed by atoms with E-state index in [2.05, 4.69) is 40.4 Å². The third-order valence-corrected chi connectivity index (χ3v) is 6.24. The molecule has 2 unspecified atom stereocenters. The molecule has 3 heterocycles. The summed E-state index contributed by atoms with van der Waals surface area (Å²) in [7, 11) is 0. The van der Waals surface area contributed by atoms with Gasteiger partial charge in [0.05, 0.1) is 0 Å². The fourth-order valence-corrected chi connectivity index (χ4v) is 4.35. The second kappa shape index (κ2) is 12.0. The second-order valence-corrected chi connectivity index (χ2v) is 9.81. The molecule has 4 rings (SSSR count). The Kier molecular flexibility index (Phi) is 8.87. The lowest BCUT2D eigenvalue weighted by Gasteiger charge is -2.34. The molecular formula is C24H21BrF6N4O5. The molecule has 1 fully saturated rings. The minimum absolute atomic E-state index is 0.146. The van der Waals surface area contributed by atoms with Crippen molar-refractivity contribution in [1.29, 1.82) is 0 Å². The van der Waals surface area contributed by atoms with Gasteiger partial charge >= 0.3 is 24.3 Å². The van der Waals surface area contributed by atoms with E-state index in [0.29, 0.717) is 29.0 Å². The third-order valence-electron chi connectivity index (χ3n) is 5.80. The van der Waals surface area contributed by atoms with Crippen molar-refractivity contribution in [3.8, 4) is 17.1 Å². The molecule has 1 aromatic carbocycles. The van der Waals surface area contributed by atoms with E-state index in [1.54, 1.807) is 36.5 Å². The third kappa shape index (κ3) is 7.84. The van der Waals surface area contributed by atoms with Crippen LogP contribution in [0.25, 0.3) is 22.6 Å². The Labute approximate surface area is 230 Å². The molecule has 0 radical (unpaired) electrons. The lowest BCUT2D eigenvalue weighted by molar-refractivity contribution is -0.209. The molecule has 0 spiro atoms. The van der Waals surface area contributed by atoms with Crippen molar-refractivity contribution in [2.75, 3.05) is 26.2 Å². The van der Waals surface area contributed by atoms with Gasteiger partial charge in [-0.15, -0.1) is 0 Å². The van der Waals surface area contributed by atoms with Crippen molar-refractivity contribution in [2.45, 2.75) is 37.4 Å². The summed E-state index contributed by atoms with van der Waals surface area (Å²) >= 11 is 3.32. The molecular weight excluding hydrogens is 618 g/mol. The van der Waals surface area contributed by atoms with Crippen LogP contribution in [0.2, 0.25) is 0 Å². The molecule has 0 bridgehead atoms. The fourth-order valence-electron chi connectivity index (χ4n) is 4.03. The van der Waals surface area contributed by atoms with Crippen molar-refractivity contribution in [3.05, 3.63) is 41.0 Å². The molecule has 1 aliphatic rings. The first kappa shape index (κ1) is 29.6. The number of alkyl halides is 6. The van der Waals surface area contributed by atoms with Gasteiger partial charge in [0.1, 0.15) is 35.9 Å². The van der Waals surface area contributed by atoms with Crippen LogP contribution in [-0.2, 0) is 19.1 Å². The van der Waals surface area contributed by atoms with E-state index in [4.69, 9.17) is 4.74 Å². The number of imidazole rings is 1. The molecule has 16 heteroatoms. The molecule has 0 amide bonds. The number of ether oxygens (including phenoxy) is 3. The minimum atomic E-state index is -5.26. The molecule has 2 aromatic heterocycles. The lowest BCUT2D eigenvalue weighted by Crippen LogP contribution is -2.47. The molecule has 2 atom stereocenters. The highest BCUT2D eigenvalue weighted by molar-refractivity contribution is 9.10. The second-order valence-electron chi connectivity index (χ2n) is 8.89. The average molecular weight is 639 g/mol. The molecule has 1 aliphatic heterocycles. The Balaban J connectivity index is 1.40. The lowest BCUT2D eigenvalue weighted by atomic mass is 10.1. The number of pyridine rings is 1. The number of nitrogens with one attached hydrogen (secondary N) is 1. The summed E-state index contributed by atoms with van der Waals surface area (Å²) in [4.78, 5) is 35.9. The fraction of sp³-hybridized carbons (Fsp3) is 0.417. The van der Waals surface area contributed by atoms with Gasteiger partial charge in [-0.05, 0) is 65.6 Å². The number of carbonyl (C=O) groups excluding carboxylic acids is 2. The predicted molar refractivity (Wildman–Crippen MR) is 130 cm³/mol. The van der Waals surface area contributed by atoms with Gasteiger partial charge in [-0.25, -0.2) is 19.6 Å². The Hall–Kier alpha value is -3.40. The molecule has 40 heavy (non-hydrogen) atoms. The maximum atomic E-state index is 12.9. The predicted octanol–water partition coefficient (Wildman–Crippen LogP) is 4.81. The summed E-state index contributed by atoms with van der Waals surface area (Å²) in [6.07, 6.45) is -10.9. The number of halogens is 7. The van der Waals surface area contributed by atoms with Crippen molar-refractivity contribution in [3.63, 3.8) is 0 Å². The van der Waals surface area contributed by atoms with Crippen LogP contribution >= 0.6 is 15.9 Å². The average Bonchev–Trinajstić information content (AvgIpc) is 3.30. The number of benzene rings is 1. The summed E-state index contributed by atoms with van der Waals surface area (Å²) in [6, 6.07) is 8.18. The summed E-state index contributed by atoms with van der Waals surface area (Å²) in [5.41, 5.74) is 1.88. The Morgan fingerprint density at radius 3 is 2.48 bits per heavy atom. The molecule has 1 N–H and O–H groups in total. The van der Waals surface area contributed by atoms with Gasteiger partial charge in [-0.2, -0.15) is 26.3 Å². The summed E-state index contributed by atoms with van der Waals surface area (Å²) in [5, 5.41) is 0. The van der Waals surface area contributed by atoms with E-state index in [0.717, 1.165) is 4.47 Å². The van der Waals surface area contributed by atoms with Crippen molar-refractivity contribution < 1.29 is 50.1 Å². The topological polar surface area (TPSA) is 107 Å². The van der Waals surface area contributed by atoms with E-state index in [1.165, 1.54) is 4.90 Å². The van der Waals surface area contributed by atoms with Gasteiger partial charge in [0.2, 0.25) is 0 Å². The number of fused-ring (bicyclic) bond motifs is 1. The van der Waals surface area contributed by atoms with Crippen LogP contribution in [0, 0.1) is 0 Å². The zero-order valence-corrected chi connectivity index (χ0v) is 22.0. The van der Waals surface area contributed by atoms with Gasteiger partial charge in [-0.3, -0.25) is 4.90 Å². The standard InChI is InChI=1S/C24H21BrF6N4O5/c25-14-8-18-20(32-9-14)34-19(33-18)13-3-5-15(6-4-13)38-12-17(40-22(37)24(29,30)31)11-35-7-1-2-16(10-35)39-21(36)23(26,27)28/h3-6,8-9,16-17H,1-2,7,10-12H2,(H,32,33,34). The van der Waals surface area contributed by atoms with E-state index in [9.17, 15) is 35.9 Å². The highest BCUT2D eigenvalue weighted by Crippen LogP contribution is 2.25. The Morgan fingerprint density at radius 2 is 1.80 bits per heavy atom. The Morgan fingerprint density at radius 1 is 1.10 bits per heavy atom. The maximum Gasteiger partial charge on any atom is 0.490 e. The number of hydrogen-bond donors (Lipinski definition) is 1. The van der Waals surface area contributed by atoms with Gasteiger partial charge < -0.3 is 19.2 Å². The van der Waals surface area contributed by atoms with Crippen molar-refractivity contribution >= 4 is 39.0 Å². The Bertz CT molecular complexity index is 1350. The van der Waals surface area contributed by atoms with Gasteiger partial charge in [0.25, 0.3) is 0 Å². The number of aromatic amines is 1. The van der Waals surface area contributed by atoms with Crippen LogP contribution in [0.4, 0.5) is 26.3 Å². The number of piperidine rings is 1. The SMILES string of the molecule is O=C(OC1CCCN(CC(COc2ccc(-c3nc4cc(Br)cnc4[nH]3)cc2)OC(=O)C(F)(F)F)C1)C(F)(F)F. The van der Waals surface area contributed by atoms with Crippen molar-refractivity contribution in [2.24, 2.45) is 0 Å². The number of aromatic nitrogens is 3. The van der Waals surface area contributed by atoms with Gasteiger partial charge in [-0.1, -0.05) is 0 Å². The maximum absolute atomic E-state index is 12.9. The number of hydrogen-bond acceptors (Lipinski definition) is 8. The molecule has 0 saturated carbocycles.